The molecule has 2 N–H and O–H groups in total. The molecule has 1 aromatic rings. The van der Waals surface area contributed by atoms with Crippen molar-refractivity contribution in [2.75, 3.05) is 0 Å². The van der Waals surface area contributed by atoms with Crippen LogP contribution in [0.4, 0.5) is 0 Å². The van der Waals surface area contributed by atoms with Crippen molar-refractivity contribution in [2.45, 2.75) is 19.8 Å². The molecule has 0 spiro atoms. The van der Waals surface area contributed by atoms with E-state index in [9.17, 15) is 9.36 Å². The molecule has 1 aromatic carbocycles. The number of nitrogens with two attached hydrogens (primary N) is 1. The van der Waals surface area contributed by atoms with Gasteiger partial charge >= 0.3 is 0 Å². The SMILES string of the molecule is C=CC1C=CC(P(=O)(C2=CC(C)CC=C2)c2ccc(C(N)=O)cc2)=CC1. The Balaban J connectivity index is 2.11. The zero-order valence-corrected chi connectivity index (χ0v) is 15.9. The van der Waals surface area contributed by atoms with Crippen LogP contribution in [0, 0.1) is 11.8 Å². The monoisotopic (exact) mass is 365 g/mol. The first-order valence-corrected chi connectivity index (χ1v) is 10.6. The van der Waals surface area contributed by atoms with Gasteiger partial charge in [0.25, 0.3) is 0 Å². The molecular weight excluding hydrogens is 341 g/mol. The van der Waals surface area contributed by atoms with Crippen molar-refractivity contribution in [3.63, 3.8) is 0 Å². The summed E-state index contributed by atoms with van der Waals surface area (Å²) in [5.74, 6) is 0.143. The van der Waals surface area contributed by atoms with Crippen molar-refractivity contribution < 1.29 is 9.36 Å². The smallest absolute Gasteiger partial charge is 0.248 e. The summed E-state index contributed by atoms with van der Waals surface area (Å²) in [6.45, 7) is 5.97. The van der Waals surface area contributed by atoms with Crippen molar-refractivity contribution in [1.82, 2.24) is 0 Å². The Hall–Kier alpha value is -2.38. The van der Waals surface area contributed by atoms with E-state index in [2.05, 4.69) is 37.8 Å². The van der Waals surface area contributed by atoms with Crippen LogP contribution in [0.25, 0.3) is 0 Å². The van der Waals surface area contributed by atoms with Gasteiger partial charge in [-0.3, -0.25) is 4.79 Å². The highest BCUT2D eigenvalue weighted by Gasteiger charge is 2.33. The van der Waals surface area contributed by atoms with Gasteiger partial charge in [-0.2, -0.15) is 0 Å². The van der Waals surface area contributed by atoms with Gasteiger partial charge in [0.1, 0.15) is 0 Å². The van der Waals surface area contributed by atoms with Crippen LogP contribution < -0.4 is 11.0 Å². The largest absolute Gasteiger partial charge is 0.366 e. The molecule has 134 valence electrons. The van der Waals surface area contributed by atoms with Crippen molar-refractivity contribution in [3.8, 4) is 0 Å². The average Bonchev–Trinajstić information content (AvgIpc) is 2.67. The molecule has 0 radical (unpaired) electrons. The molecule has 0 aromatic heterocycles. The molecule has 0 saturated carbocycles. The highest BCUT2D eigenvalue weighted by atomic mass is 31.2. The molecule has 3 nitrogen and oxygen atoms in total. The Labute approximate surface area is 155 Å². The summed E-state index contributed by atoms with van der Waals surface area (Å²) in [5, 5.41) is 2.42. The maximum absolute atomic E-state index is 14.4. The second-order valence-electron chi connectivity index (χ2n) is 6.85. The lowest BCUT2D eigenvalue weighted by Gasteiger charge is -2.26. The first kappa shape index (κ1) is 18.4. The van der Waals surface area contributed by atoms with Gasteiger partial charge < -0.3 is 10.3 Å². The molecule has 3 rings (SSSR count). The van der Waals surface area contributed by atoms with E-state index in [1.807, 2.05) is 18.2 Å². The molecule has 0 bridgehead atoms. The van der Waals surface area contributed by atoms with E-state index >= 15 is 0 Å². The fourth-order valence-corrected chi connectivity index (χ4v) is 6.25. The topological polar surface area (TPSA) is 60.2 Å². The van der Waals surface area contributed by atoms with Crippen LogP contribution in [-0.2, 0) is 4.57 Å². The average molecular weight is 365 g/mol. The van der Waals surface area contributed by atoms with Crippen LogP contribution in [0.3, 0.4) is 0 Å². The maximum atomic E-state index is 14.4. The molecule has 0 heterocycles. The zero-order chi connectivity index (χ0) is 18.7. The lowest BCUT2D eigenvalue weighted by molar-refractivity contribution is 0.100. The standard InChI is InChI=1S/C22H24NO2P/c1-3-17-7-11-19(12-8-17)26(25,21-6-4-5-16(2)15-21)20-13-9-18(10-14-20)22(23)24/h3-4,6-7,9-17H,1,5,8H2,2H3,(H2,23,24). The Bertz CT molecular complexity index is 887. The molecule has 0 fully saturated rings. The van der Waals surface area contributed by atoms with Crippen LogP contribution in [0.5, 0.6) is 0 Å². The highest BCUT2D eigenvalue weighted by Crippen LogP contribution is 2.62. The van der Waals surface area contributed by atoms with Gasteiger partial charge in [-0.05, 0) is 36.8 Å². The minimum atomic E-state index is -2.98. The van der Waals surface area contributed by atoms with Crippen LogP contribution in [0.1, 0.15) is 30.1 Å². The van der Waals surface area contributed by atoms with E-state index in [4.69, 9.17) is 5.73 Å². The zero-order valence-electron chi connectivity index (χ0n) is 15.0. The molecule has 1 amide bonds. The fourth-order valence-electron chi connectivity index (χ4n) is 3.35. The quantitative estimate of drug-likeness (QED) is 0.596. The number of primary amides is 1. The number of benzene rings is 1. The molecule has 26 heavy (non-hydrogen) atoms. The molecule has 0 saturated heterocycles. The van der Waals surface area contributed by atoms with Gasteiger partial charge in [-0.15, -0.1) is 6.58 Å². The third-order valence-corrected chi connectivity index (χ3v) is 8.02. The predicted molar refractivity (Wildman–Crippen MR) is 109 cm³/mol. The highest BCUT2D eigenvalue weighted by molar-refractivity contribution is 7.79. The van der Waals surface area contributed by atoms with Gasteiger partial charge in [0.05, 0.1) is 0 Å². The first-order chi connectivity index (χ1) is 12.4. The molecule has 2 aliphatic rings. The van der Waals surface area contributed by atoms with E-state index in [0.717, 1.165) is 28.8 Å². The van der Waals surface area contributed by atoms with Crippen molar-refractivity contribution in [1.29, 1.82) is 0 Å². The van der Waals surface area contributed by atoms with Crippen molar-refractivity contribution >= 4 is 18.4 Å². The van der Waals surface area contributed by atoms with Crippen molar-refractivity contribution in [3.05, 3.63) is 89.6 Å². The van der Waals surface area contributed by atoms with E-state index in [1.54, 1.807) is 24.3 Å². The number of hydrogen-bond donors (Lipinski definition) is 1. The van der Waals surface area contributed by atoms with E-state index in [1.165, 1.54) is 0 Å². The lowest BCUT2D eigenvalue weighted by atomic mass is 10.0. The summed E-state index contributed by atoms with van der Waals surface area (Å²) < 4.78 is 14.4. The Morgan fingerprint density at radius 1 is 1.19 bits per heavy atom. The molecule has 0 aliphatic heterocycles. The second kappa shape index (κ2) is 7.47. The van der Waals surface area contributed by atoms with Crippen LogP contribution in [0.15, 0.2) is 84.0 Å². The third-order valence-electron chi connectivity index (χ3n) is 4.91. The number of amides is 1. The fraction of sp³-hybridized carbons (Fsp3) is 0.227. The molecular formula is C22H24NO2P. The molecule has 3 atom stereocenters. The van der Waals surface area contributed by atoms with Crippen molar-refractivity contribution in [2.24, 2.45) is 17.6 Å². The number of carbonyl (C=O) groups is 1. The first-order valence-electron chi connectivity index (χ1n) is 8.86. The number of hydrogen-bond acceptors (Lipinski definition) is 2. The number of rotatable bonds is 5. The maximum Gasteiger partial charge on any atom is 0.248 e. The number of carbonyl (C=O) groups excluding carboxylic acids is 1. The van der Waals surface area contributed by atoms with E-state index < -0.39 is 13.0 Å². The van der Waals surface area contributed by atoms with E-state index in [0.29, 0.717) is 11.5 Å². The van der Waals surface area contributed by atoms with Gasteiger partial charge in [-0.25, -0.2) is 0 Å². The van der Waals surface area contributed by atoms with Gasteiger partial charge in [0.15, 0.2) is 7.14 Å². The third kappa shape index (κ3) is 3.45. The van der Waals surface area contributed by atoms with Gasteiger partial charge in [0.2, 0.25) is 5.91 Å². The summed E-state index contributed by atoms with van der Waals surface area (Å²) >= 11 is 0. The summed E-state index contributed by atoms with van der Waals surface area (Å²) in [5.41, 5.74) is 5.76. The normalized spacial score (nSPS) is 24.3. The predicted octanol–water partition coefficient (Wildman–Crippen LogP) is 4.90. The minimum absolute atomic E-state index is 0.277. The Morgan fingerprint density at radius 3 is 2.46 bits per heavy atom. The van der Waals surface area contributed by atoms with Gasteiger partial charge in [-0.1, -0.05) is 61.6 Å². The Morgan fingerprint density at radius 2 is 1.92 bits per heavy atom. The summed E-state index contributed by atoms with van der Waals surface area (Å²) in [6.07, 6.45) is 15.9. The molecule has 2 aliphatic carbocycles. The minimum Gasteiger partial charge on any atom is -0.366 e. The van der Waals surface area contributed by atoms with Gasteiger partial charge in [0, 0.05) is 21.5 Å². The summed E-state index contributed by atoms with van der Waals surface area (Å²) in [7, 11) is -2.98. The van der Waals surface area contributed by atoms with Crippen LogP contribution >= 0.6 is 7.14 Å². The van der Waals surface area contributed by atoms with Crippen LogP contribution in [-0.4, -0.2) is 5.91 Å². The number of allylic oxidation sites excluding steroid dienone is 9. The van der Waals surface area contributed by atoms with E-state index in [-0.39, 0.29) is 5.92 Å². The molecule has 4 heteroatoms. The lowest BCUT2D eigenvalue weighted by Crippen LogP contribution is -2.14. The van der Waals surface area contributed by atoms with Crippen LogP contribution in [0.2, 0.25) is 0 Å². The second-order valence-corrected chi connectivity index (χ2v) is 9.62. The Kier molecular flexibility index (Phi) is 5.29. The summed E-state index contributed by atoms with van der Waals surface area (Å²) in [4.78, 5) is 11.4. The summed E-state index contributed by atoms with van der Waals surface area (Å²) in [6, 6.07) is 6.84. The molecule has 3 unspecified atom stereocenters.